The van der Waals surface area contributed by atoms with E-state index in [0.717, 1.165) is 31.8 Å². The minimum atomic E-state index is 0.773. The smallest absolute Gasteiger partial charge is 0.0841 e. The van der Waals surface area contributed by atoms with Crippen molar-refractivity contribution >= 4 is 10.9 Å². The topological polar surface area (TPSA) is 39.1 Å². The van der Waals surface area contributed by atoms with Gasteiger partial charge in [0.2, 0.25) is 0 Å². The lowest BCUT2D eigenvalue weighted by molar-refractivity contribution is 0.189. The van der Waals surface area contributed by atoms with E-state index in [1.165, 1.54) is 10.9 Å². The number of hydrogen-bond donors (Lipinski definition) is 1. The zero-order valence-corrected chi connectivity index (χ0v) is 10.4. The lowest BCUT2D eigenvalue weighted by Gasteiger charge is -2.02. The highest BCUT2D eigenvalue weighted by atomic mass is 16.5. The number of rotatable bonds is 6. The van der Waals surface area contributed by atoms with Gasteiger partial charge < -0.3 is 10.1 Å². The number of methoxy groups -OCH3 is 1. The van der Waals surface area contributed by atoms with Gasteiger partial charge in [-0.1, -0.05) is 18.2 Å². The van der Waals surface area contributed by atoms with Crippen molar-refractivity contribution in [3.63, 3.8) is 0 Å². The molecule has 0 atom stereocenters. The number of hydrogen-bond acceptors (Lipinski definition) is 3. The number of para-hydroxylation sites is 1. The molecule has 0 aliphatic heterocycles. The van der Waals surface area contributed by atoms with Crippen LogP contribution in [-0.4, -0.2) is 30.5 Å². The third kappa shape index (κ3) is 2.65. The molecular formula is C13H19N3O. The molecule has 0 unspecified atom stereocenters. The molecule has 0 bridgehead atoms. The first-order valence-corrected chi connectivity index (χ1v) is 5.94. The first-order chi connectivity index (χ1) is 8.36. The van der Waals surface area contributed by atoms with Crippen LogP contribution in [0.1, 0.15) is 12.1 Å². The van der Waals surface area contributed by atoms with E-state index < -0.39 is 0 Å². The predicted octanol–water partition coefficient (Wildman–Crippen LogP) is 1.79. The summed E-state index contributed by atoms with van der Waals surface area (Å²) in [6, 6.07) is 8.36. The average molecular weight is 233 g/mol. The lowest BCUT2D eigenvalue weighted by Crippen LogP contribution is -2.08. The Kier molecular flexibility index (Phi) is 4.12. The Balaban J connectivity index is 2.28. The summed E-state index contributed by atoms with van der Waals surface area (Å²) in [6.07, 6.45) is 0.987. The fourth-order valence-electron chi connectivity index (χ4n) is 2.02. The van der Waals surface area contributed by atoms with Crippen LogP contribution in [-0.2, 0) is 17.8 Å². The first kappa shape index (κ1) is 12.1. The van der Waals surface area contributed by atoms with E-state index in [0.29, 0.717) is 0 Å². The van der Waals surface area contributed by atoms with Crippen molar-refractivity contribution in [3.8, 4) is 0 Å². The van der Waals surface area contributed by atoms with Crippen LogP contribution in [0.15, 0.2) is 24.3 Å². The fraction of sp³-hybridized carbons (Fsp3) is 0.462. The van der Waals surface area contributed by atoms with Crippen molar-refractivity contribution < 1.29 is 4.74 Å². The number of aryl methyl sites for hydroxylation is 1. The molecule has 0 saturated heterocycles. The summed E-state index contributed by atoms with van der Waals surface area (Å²) < 4.78 is 7.15. The Morgan fingerprint density at radius 3 is 2.94 bits per heavy atom. The molecule has 4 nitrogen and oxygen atoms in total. The molecule has 0 aliphatic rings. The van der Waals surface area contributed by atoms with Crippen LogP contribution in [0, 0.1) is 0 Å². The molecule has 0 radical (unpaired) electrons. The van der Waals surface area contributed by atoms with E-state index in [9.17, 15) is 0 Å². The van der Waals surface area contributed by atoms with Gasteiger partial charge in [-0.15, -0.1) is 0 Å². The maximum atomic E-state index is 5.08. The van der Waals surface area contributed by atoms with Crippen LogP contribution in [0.4, 0.5) is 0 Å². The van der Waals surface area contributed by atoms with Gasteiger partial charge in [0, 0.05) is 32.2 Å². The van der Waals surface area contributed by atoms with Crippen molar-refractivity contribution in [2.75, 3.05) is 20.8 Å². The molecule has 1 aromatic carbocycles. The molecule has 1 heterocycles. The van der Waals surface area contributed by atoms with E-state index in [4.69, 9.17) is 4.74 Å². The summed E-state index contributed by atoms with van der Waals surface area (Å²) in [6.45, 7) is 2.48. The van der Waals surface area contributed by atoms with Crippen LogP contribution < -0.4 is 5.32 Å². The molecule has 2 rings (SSSR count). The monoisotopic (exact) mass is 233 g/mol. The zero-order valence-electron chi connectivity index (χ0n) is 10.4. The Labute approximate surface area is 102 Å². The Morgan fingerprint density at radius 2 is 2.18 bits per heavy atom. The molecule has 92 valence electrons. The van der Waals surface area contributed by atoms with Gasteiger partial charge in [0.25, 0.3) is 0 Å². The molecule has 0 saturated carbocycles. The molecule has 0 spiro atoms. The van der Waals surface area contributed by atoms with Gasteiger partial charge in [-0.25, -0.2) is 0 Å². The summed E-state index contributed by atoms with van der Waals surface area (Å²) in [5, 5.41) is 9.04. The normalized spacial score (nSPS) is 11.2. The van der Waals surface area contributed by atoms with Crippen molar-refractivity contribution in [1.82, 2.24) is 15.1 Å². The van der Waals surface area contributed by atoms with Gasteiger partial charge in [0.15, 0.2) is 0 Å². The number of benzene rings is 1. The van der Waals surface area contributed by atoms with E-state index in [2.05, 4.69) is 39.4 Å². The molecule has 1 N–H and O–H groups in total. The van der Waals surface area contributed by atoms with Gasteiger partial charge in [0.05, 0.1) is 11.2 Å². The Morgan fingerprint density at radius 1 is 1.35 bits per heavy atom. The number of nitrogens with zero attached hydrogens (tertiary/aromatic N) is 2. The minimum absolute atomic E-state index is 0.773. The maximum Gasteiger partial charge on any atom is 0.0841 e. The Bertz CT molecular complexity index is 478. The third-order valence-corrected chi connectivity index (χ3v) is 2.80. The van der Waals surface area contributed by atoms with Crippen molar-refractivity contribution in [3.05, 3.63) is 30.0 Å². The second-order valence-corrected chi connectivity index (χ2v) is 4.06. The zero-order chi connectivity index (χ0) is 12.1. The van der Waals surface area contributed by atoms with Crippen LogP contribution >= 0.6 is 0 Å². The lowest BCUT2D eigenvalue weighted by atomic mass is 10.2. The second kappa shape index (κ2) is 5.80. The van der Waals surface area contributed by atoms with Crippen LogP contribution in [0.25, 0.3) is 10.9 Å². The molecule has 0 fully saturated rings. The van der Waals surface area contributed by atoms with Gasteiger partial charge in [-0.3, -0.25) is 4.68 Å². The SMILES string of the molecule is CNCc1nn(CCCOC)c2ccccc12. The predicted molar refractivity (Wildman–Crippen MR) is 69.0 cm³/mol. The number of aromatic nitrogens is 2. The summed E-state index contributed by atoms with van der Waals surface area (Å²) in [7, 11) is 3.67. The molecule has 0 aliphatic carbocycles. The molecule has 0 amide bonds. The first-order valence-electron chi connectivity index (χ1n) is 5.94. The molecule has 17 heavy (non-hydrogen) atoms. The summed E-state index contributed by atoms with van der Waals surface area (Å²) >= 11 is 0. The fourth-order valence-corrected chi connectivity index (χ4v) is 2.02. The summed E-state index contributed by atoms with van der Waals surface area (Å²) in [5.41, 5.74) is 2.31. The standard InChI is InChI=1S/C13H19N3O/c1-14-10-12-11-6-3-4-7-13(11)16(15-12)8-5-9-17-2/h3-4,6-7,14H,5,8-10H2,1-2H3. The van der Waals surface area contributed by atoms with Crippen molar-refractivity contribution in [1.29, 1.82) is 0 Å². The molecule has 4 heteroatoms. The van der Waals surface area contributed by atoms with E-state index >= 15 is 0 Å². The van der Waals surface area contributed by atoms with E-state index in [-0.39, 0.29) is 0 Å². The Hall–Kier alpha value is -1.39. The second-order valence-electron chi connectivity index (χ2n) is 4.06. The highest BCUT2D eigenvalue weighted by molar-refractivity contribution is 5.81. The number of ether oxygens (including phenoxy) is 1. The summed E-state index contributed by atoms with van der Waals surface area (Å²) in [4.78, 5) is 0. The van der Waals surface area contributed by atoms with Crippen LogP contribution in [0.2, 0.25) is 0 Å². The van der Waals surface area contributed by atoms with Gasteiger partial charge >= 0.3 is 0 Å². The van der Waals surface area contributed by atoms with Crippen molar-refractivity contribution in [2.24, 2.45) is 0 Å². The quantitative estimate of drug-likeness (QED) is 0.773. The minimum Gasteiger partial charge on any atom is -0.385 e. The van der Waals surface area contributed by atoms with Gasteiger partial charge in [-0.05, 0) is 19.5 Å². The average Bonchev–Trinajstić information content (AvgIpc) is 2.70. The maximum absolute atomic E-state index is 5.08. The van der Waals surface area contributed by atoms with Crippen molar-refractivity contribution in [2.45, 2.75) is 19.5 Å². The molecule has 1 aromatic heterocycles. The summed E-state index contributed by atoms with van der Waals surface area (Å²) in [5.74, 6) is 0. The molecular weight excluding hydrogens is 214 g/mol. The van der Waals surface area contributed by atoms with E-state index in [1.54, 1.807) is 7.11 Å². The highest BCUT2D eigenvalue weighted by Gasteiger charge is 2.08. The van der Waals surface area contributed by atoms with Gasteiger partial charge in [0.1, 0.15) is 0 Å². The van der Waals surface area contributed by atoms with Gasteiger partial charge in [-0.2, -0.15) is 5.10 Å². The highest BCUT2D eigenvalue weighted by Crippen LogP contribution is 2.18. The van der Waals surface area contributed by atoms with Crippen LogP contribution in [0.3, 0.4) is 0 Å². The third-order valence-electron chi connectivity index (χ3n) is 2.80. The van der Waals surface area contributed by atoms with Crippen LogP contribution in [0.5, 0.6) is 0 Å². The molecule has 2 aromatic rings. The largest absolute Gasteiger partial charge is 0.385 e. The van der Waals surface area contributed by atoms with E-state index in [1.807, 2.05) is 7.05 Å². The number of nitrogens with one attached hydrogen (secondary N) is 1. The number of fused-ring (bicyclic) bond motifs is 1.